The largest absolute Gasteiger partial charge is 0.452 e. The lowest BCUT2D eigenvalue weighted by Crippen LogP contribution is -2.30. The van der Waals surface area contributed by atoms with Gasteiger partial charge in [-0.2, -0.15) is 0 Å². The molecule has 0 aliphatic heterocycles. The highest BCUT2D eigenvalue weighted by Gasteiger charge is 2.20. The third kappa shape index (κ3) is 4.69. The Bertz CT molecular complexity index is 747. The summed E-state index contributed by atoms with van der Waals surface area (Å²) in [4.78, 5) is 23.9. The van der Waals surface area contributed by atoms with Crippen molar-refractivity contribution in [3.8, 4) is 0 Å². The molecule has 0 aliphatic rings. The second kappa shape index (κ2) is 8.13. The number of amides is 1. The molecule has 2 aromatic carbocycles. The molecule has 7 heteroatoms. The molecule has 1 amide bonds. The third-order valence-corrected chi connectivity index (χ3v) is 3.81. The molecule has 0 saturated heterocycles. The van der Waals surface area contributed by atoms with Crippen molar-refractivity contribution in [2.24, 2.45) is 0 Å². The van der Waals surface area contributed by atoms with E-state index in [1.807, 2.05) is 0 Å². The number of esters is 1. The summed E-state index contributed by atoms with van der Waals surface area (Å²) in [6.07, 6.45) is -1.35. The Balaban J connectivity index is 1.96. The number of nitrogens with one attached hydrogen (secondary N) is 1. The fourth-order valence-corrected chi connectivity index (χ4v) is 2.42. The number of rotatable bonds is 5. The van der Waals surface area contributed by atoms with Gasteiger partial charge in [0.1, 0.15) is 5.82 Å². The molecular formula is C17H14Cl2FNO3. The van der Waals surface area contributed by atoms with Gasteiger partial charge < -0.3 is 10.1 Å². The number of carbonyl (C=O) groups is 2. The molecule has 126 valence electrons. The minimum absolute atomic E-state index is 0.198. The fourth-order valence-electron chi connectivity index (χ4n) is 1.93. The number of para-hydroxylation sites is 1. The molecule has 24 heavy (non-hydrogen) atoms. The van der Waals surface area contributed by atoms with Crippen LogP contribution in [0.3, 0.4) is 0 Å². The van der Waals surface area contributed by atoms with E-state index < -0.39 is 23.8 Å². The van der Waals surface area contributed by atoms with Crippen molar-refractivity contribution in [1.82, 2.24) is 0 Å². The molecule has 0 fully saturated rings. The van der Waals surface area contributed by atoms with Crippen LogP contribution in [0, 0.1) is 5.82 Å². The Labute approximate surface area is 148 Å². The normalized spacial score (nSPS) is 11.7. The summed E-state index contributed by atoms with van der Waals surface area (Å²) >= 11 is 11.9. The van der Waals surface area contributed by atoms with Crippen LogP contribution in [0.1, 0.15) is 12.5 Å². The Hall–Kier alpha value is -2.11. The van der Waals surface area contributed by atoms with Crippen LogP contribution in [-0.4, -0.2) is 18.0 Å². The van der Waals surface area contributed by atoms with Gasteiger partial charge in [0.25, 0.3) is 5.91 Å². The molecule has 1 atom stereocenters. The first kappa shape index (κ1) is 18.2. The average Bonchev–Trinajstić information content (AvgIpc) is 2.53. The maximum atomic E-state index is 13.5. The first-order valence-corrected chi connectivity index (χ1v) is 7.82. The molecule has 0 heterocycles. The van der Waals surface area contributed by atoms with Gasteiger partial charge in [0, 0.05) is 0 Å². The standard InChI is InChI=1S/C17H14Cl2FNO3/c1-10(17(23)21-16-12(18)6-4-7-13(16)19)24-15(22)9-11-5-2-3-8-14(11)20/h2-8,10H,9H2,1H3,(H,21,23)/t10-/m1/s1. The summed E-state index contributed by atoms with van der Waals surface area (Å²) in [7, 11) is 0. The molecule has 0 spiro atoms. The highest BCUT2D eigenvalue weighted by atomic mass is 35.5. The van der Waals surface area contributed by atoms with E-state index in [-0.39, 0.29) is 27.7 Å². The van der Waals surface area contributed by atoms with E-state index in [1.54, 1.807) is 24.3 Å². The zero-order chi connectivity index (χ0) is 17.7. The van der Waals surface area contributed by atoms with Crippen LogP contribution in [0.5, 0.6) is 0 Å². The molecule has 0 unspecified atom stereocenters. The predicted molar refractivity (Wildman–Crippen MR) is 90.7 cm³/mol. The highest BCUT2D eigenvalue weighted by Crippen LogP contribution is 2.29. The SMILES string of the molecule is C[C@@H](OC(=O)Cc1ccccc1F)C(=O)Nc1c(Cl)cccc1Cl. The second-order valence-electron chi connectivity index (χ2n) is 4.99. The van der Waals surface area contributed by atoms with Gasteiger partial charge in [0.05, 0.1) is 22.2 Å². The Morgan fingerprint density at radius 3 is 2.38 bits per heavy atom. The number of hydrogen-bond donors (Lipinski definition) is 1. The van der Waals surface area contributed by atoms with Crippen LogP contribution in [0.25, 0.3) is 0 Å². The van der Waals surface area contributed by atoms with E-state index in [1.165, 1.54) is 25.1 Å². The van der Waals surface area contributed by atoms with E-state index in [2.05, 4.69) is 5.32 Å². The maximum Gasteiger partial charge on any atom is 0.311 e. The number of halogens is 3. The minimum Gasteiger partial charge on any atom is -0.452 e. The molecule has 2 rings (SSSR count). The quantitative estimate of drug-likeness (QED) is 0.801. The summed E-state index contributed by atoms with van der Waals surface area (Å²) < 4.78 is 18.5. The van der Waals surface area contributed by atoms with Crippen LogP contribution >= 0.6 is 23.2 Å². The predicted octanol–water partition coefficient (Wildman–Crippen LogP) is 4.25. The van der Waals surface area contributed by atoms with Crippen molar-refractivity contribution in [1.29, 1.82) is 0 Å². The second-order valence-corrected chi connectivity index (χ2v) is 5.80. The van der Waals surface area contributed by atoms with Gasteiger partial charge in [-0.1, -0.05) is 47.5 Å². The summed E-state index contributed by atoms with van der Waals surface area (Å²) in [5, 5.41) is 3.03. The minimum atomic E-state index is -1.09. The smallest absolute Gasteiger partial charge is 0.311 e. The fraction of sp³-hybridized carbons (Fsp3) is 0.176. The van der Waals surface area contributed by atoms with Gasteiger partial charge in [-0.05, 0) is 30.7 Å². The number of anilines is 1. The first-order valence-electron chi connectivity index (χ1n) is 7.06. The summed E-state index contributed by atoms with van der Waals surface area (Å²) in [6.45, 7) is 1.40. The number of hydrogen-bond acceptors (Lipinski definition) is 3. The van der Waals surface area contributed by atoms with Crippen molar-refractivity contribution in [3.63, 3.8) is 0 Å². The molecule has 0 aromatic heterocycles. The average molecular weight is 370 g/mol. The van der Waals surface area contributed by atoms with E-state index in [4.69, 9.17) is 27.9 Å². The summed E-state index contributed by atoms with van der Waals surface area (Å²) in [6, 6.07) is 10.6. The van der Waals surface area contributed by atoms with Crippen LogP contribution in [-0.2, 0) is 20.7 Å². The van der Waals surface area contributed by atoms with Gasteiger partial charge in [0.2, 0.25) is 0 Å². The van der Waals surface area contributed by atoms with Crippen molar-refractivity contribution in [2.75, 3.05) is 5.32 Å². The van der Waals surface area contributed by atoms with Gasteiger partial charge >= 0.3 is 5.97 Å². The molecule has 2 aromatic rings. The zero-order valence-electron chi connectivity index (χ0n) is 12.7. The number of ether oxygens (including phenoxy) is 1. The third-order valence-electron chi connectivity index (χ3n) is 3.18. The van der Waals surface area contributed by atoms with E-state index >= 15 is 0 Å². The molecular weight excluding hydrogens is 356 g/mol. The molecule has 0 radical (unpaired) electrons. The van der Waals surface area contributed by atoms with E-state index in [9.17, 15) is 14.0 Å². The Morgan fingerprint density at radius 2 is 1.75 bits per heavy atom. The van der Waals surface area contributed by atoms with Crippen LogP contribution in [0.15, 0.2) is 42.5 Å². The highest BCUT2D eigenvalue weighted by molar-refractivity contribution is 6.39. The summed E-state index contributed by atoms with van der Waals surface area (Å²) in [5.74, 6) is -1.81. The van der Waals surface area contributed by atoms with Crippen LogP contribution in [0.4, 0.5) is 10.1 Å². The zero-order valence-corrected chi connectivity index (χ0v) is 14.2. The topological polar surface area (TPSA) is 55.4 Å². The maximum absolute atomic E-state index is 13.5. The summed E-state index contributed by atoms with van der Waals surface area (Å²) in [5.41, 5.74) is 0.437. The van der Waals surface area contributed by atoms with E-state index in [0.29, 0.717) is 0 Å². The van der Waals surface area contributed by atoms with Crippen LogP contribution < -0.4 is 5.32 Å². The lowest BCUT2D eigenvalue weighted by molar-refractivity contribution is -0.152. The van der Waals surface area contributed by atoms with Crippen molar-refractivity contribution in [3.05, 3.63) is 63.9 Å². The Morgan fingerprint density at radius 1 is 1.12 bits per heavy atom. The Kier molecular flexibility index (Phi) is 6.17. The van der Waals surface area contributed by atoms with E-state index in [0.717, 1.165) is 0 Å². The van der Waals surface area contributed by atoms with Crippen molar-refractivity contribution in [2.45, 2.75) is 19.4 Å². The lowest BCUT2D eigenvalue weighted by atomic mass is 10.1. The van der Waals surface area contributed by atoms with Gasteiger partial charge in [-0.25, -0.2) is 4.39 Å². The number of benzene rings is 2. The monoisotopic (exact) mass is 369 g/mol. The van der Waals surface area contributed by atoms with Gasteiger partial charge in [-0.3, -0.25) is 9.59 Å². The lowest BCUT2D eigenvalue weighted by Gasteiger charge is -2.15. The molecule has 4 nitrogen and oxygen atoms in total. The van der Waals surface area contributed by atoms with Crippen molar-refractivity contribution < 1.29 is 18.7 Å². The molecule has 1 N–H and O–H groups in total. The van der Waals surface area contributed by atoms with Crippen molar-refractivity contribution >= 4 is 40.8 Å². The molecule has 0 saturated carbocycles. The molecule has 0 bridgehead atoms. The van der Waals surface area contributed by atoms with Gasteiger partial charge in [0.15, 0.2) is 6.10 Å². The van der Waals surface area contributed by atoms with Gasteiger partial charge in [-0.15, -0.1) is 0 Å². The molecule has 0 aliphatic carbocycles. The first-order chi connectivity index (χ1) is 11.4. The number of carbonyl (C=O) groups excluding carboxylic acids is 2. The van der Waals surface area contributed by atoms with Crippen LogP contribution in [0.2, 0.25) is 10.0 Å².